The fourth-order valence-corrected chi connectivity index (χ4v) is 2.79. The van der Waals surface area contributed by atoms with Crippen molar-refractivity contribution in [3.63, 3.8) is 0 Å². The molecule has 1 atom stereocenters. The zero-order chi connectivity index (χ0) is 20.2. The van der Waals surface area contributed by atoms with Gasteiger partial charge in [0.15, 0.2) is 0 Å². The number of carbonyl (C=O) groups excluding carboxylic acids is 2. The molecule has 1 fully saturated rings. The van der Waals surface area contributed by atoms with Crippen LogP contribution in [-0.4, -0.2) is 35.1 Å². The second kappa shape index (κ2) is 8.06. The first-order valence-corrected chi connectivity index (χ1v) is 8.71. The molecule has 2 rings (SSSR count). The lowest BCUT2D eigenvalue weighted by Crippen LogP contribution is -2.54. The Morgan fingerprint density at radius 1 is 1.15 bits per heavy atom. The minimum absolute atomic E-state index is 0.266. The van der Waals surface area contributed by atoms with Gasteiger partial charge in [0.1, 0.15) is 11.6 Å². The normalized spacial score (nSPS) is 18.0. The standard InChI is InChI=1S/C18H24F3N3O3/c1-17(2,3)27-16(26)24-11-7-6-10-14(24)15(25)23-22-13-9-5-4-8-12(13)18(19,20)21/h4-5,8-9,14,22H,6-7,10-11H2,1-3H3,(H,23,25)/t14-/m0/s1. The molecule has 27 heavy (non-hydrogen) atoms. The summed E-state index contributed by atoms with van der Waals surface area (Å²) in [7, 11) is 0. The number of hydrogen-bond donors (Lipinski definition) is 2. The molecule has 1 aromatic carbocycles. The van der Waals surface area contributed by atoms with Crippen molar-refractivity contribution < 1.29 is 27.5 Å². The number of anilines is 1. The first-order valence-electron chi connectivity index (χ1n) is 8.71. The van der Waals surface area contributed by atoms with Crippen LogP contribution < -0.4 is 10.9 Å². The summed E-state index contributed by atoms with van der Waals surface area (Å²) in [5.41, 5.74) is 2.75. The van der Waals surface area contributed by atoms with Crippen molar-refractivity contribution in [2.75, 3.05) is 12.0 Å². The highest BCUT2D eigenvalue weighted by Gasteiger charge is 2.36. The van der Waals surface area contributed by atoms with Gasteiger partial charge < -0.3 is 4.74 Å². The SMILES string of the molecule is CC(C)(C)OC(=O)N1CCCC[C@H]1C(=O)NNc1ccccc1C(F)(F)F. The maximum atomic E-state index is 13.0. The van der Waals surface area contributed by atoms with Gasteiger partial charge in [0, 0.05) is 6.54 Å². The Bertz CT molecular complexity index is 686. The Labute approximate surface area is 156 Å². The minimum Gasteiger partial charge on any atom is -0.444 e. The fraction of sp³-hybridized carbons (Fsp3) is 0.556. The van der Waals surface area contributed by atoms with Gasteiger partial charge in [-0.1, -0.05) is 12.1 Å². The van der Waals surface area contributed by atoms with Crippen LogP contribution in [0.4, 0.5) is 23.7 Å². The number of piperidine rings is 1. The Kier molecular flexibility index (Phi) is 6.22. The van der Waals surface area contributed by atoms with E-state index in [4.69, 9.17) is 4.74 Å². The second-order valence-corrected chi connectivity index (χ2v) is 7.34. The number of likely N-dealkylation sites (tertiary alicyclic amines) is 1. The number of ether oxygens (including phenoxy) is 1. The molecule has 1 aliphatic rings. The maximum Gasteiger partial charge on any atom is 0.418 e. The molecule has 2 N–H and O–H groups in total. The van der Waals surface area contributed by atoms with E-state index in [-0.39, 0.29) is 5.69 Å². The molecule has 1 aliphatic heterocycles. The van der Waals surface area contributed by atoms with Crippen molar-refractivity contribution in [1.82, 2.24) is 10.3 Å². The number of amides is 2. The highest BCUT2D eigenvalue weighted by Crippen LogP contribution is 2.34. The van der Waals surface area contributed by atoms with E-state index in [0.717, 1.165) is 18.9 Å². The van der Waals surface area contributed by atoms with Crippen LogP contribution in [-0.2, 0) is 15.7 Å². The summed E-state index contributed by atoms with van der Waals surface area (Å²) in [4.78, 5) is 26.2. The van der Waals surface area contributed by atoms with E-state index in [9.17, 15) is 22.8 Å². The topological polar surface area (TPSA) is 70.7 Å². The largest absolute Gasteiger partial charge is 0.444 e. The van der Waals surface area contributed by atoms with Gasteiger partial charge in [-0.2, -0.15) is 13.2 Å². The van der Waals surface area contributed by atoms with Crippen LogP contribution in [0.5, 0.6) is 0 Å². The molecule has 1 heterocycles. The average molecular weight is 387 g/mol. The Morgan fingerprint density at radius 2 is 1.81 bits per heavy atom. The molecule has 0 saturated carbocycles. The van der Waals surface area contributed by atoms with Crippen molar-refractivity contribution in [3.05, 3.63) is 29.8 Å². The van der Waals surface area contributed by atoms with Gasteiger partial charge in [-0.25, -0.2) is 4.79 Å². The third-order valence-electron chi connectivity index (χ3n) is 3.99. The van der Waals surface area contributed by atoms with Gasteiger partial charge >= 0.3 is 12.3 Å². The lowest BCUT2D eigenvalue weighted by molar-refractivity contribution is -0.137. The lowest BCUT2D eigenvalue weighted by Gasteiger charge is -2.35. The lowest BCUT2D eigenvalue weighted by atomic mass is 10.0. The summed E-state index contributed by atoms with van der Waals surface area (Å²) in [5.74, 6) is -0.586. The first-order chi connectivity index (χ1) is 12.5. The number of nitrogens with one attached hydrogen (secondary N) is 2. The smallest absolute Gasteiger partial charge is 0.418 e. The second-order valence-electron chi connectivity index (χ2n) is 7.34. The molecule has 0 aromatic heterocycles. The van der Waals surface area contributed by atoms with Crippen LogP contribution in [0.25, 0.3) is 0 Å². The van der Waals surface area contributed by atoms with Crippen LogP contribution in [0.1, 0.15) is 45.6 Å². The molecule has 0 unspecified atom stereocenters. The third-order valence-corrected chi connectivity index (χ3v) is 3.99. The molecule has 0 spiro atoms. The number of hydrazine groups is 1. The predicted molar refractivity (Wildman–Crippen MR) is 93.8 cm³/mol. The van der Waals surface area contributed by atoms with Crippen LogP contribution in [0.15, 0.2) is 24.3 Å². The molecule has 1 aromatic rings. The van der Waals surface area contributed by atoms with Gasteiger partial charge in [-0.05, 0) is 52.2 Å². The molecule has 150 valence electrons. The number of carbonyl (C=O) groups is 2. The van der Waals surface area contributed by atoms with Crippen molar-refractivity contribution in [1.29, 1.82) is 0 Å². The molecule has 2 amide bonds. The number of rotatable bonds is 3. The van der Waals surface area contributed by atoms with Crippen molar-refractivity contribution in [2.45, 2.75) is 57.9 Å². The first kappa shape index (κ1) is 20.9. The number of alkyl halides is 3. The van der Waals surface area contributed by atoms with E-state index < -0.39 is 35.4 Å². The molecular formula is C18H24F3N3O3. The Morgan fingerprint density at radius 3 is 2.44 bits per heavy atom. The van der Waals surface area contributed by atoms with Gasteiger partial charge in [-0.15, -0.1) is 0 Å². The summed E-state index contributed by atoms with van der Waals surface area (Å²) in [6.07, 6.45) is -3.29. The highest BCUT2D eigenvalue weighted by molar-refractivity contribution is 5.86. The number of nitrogens with zero attached hydrogens (tertiary/aromatic N) is 1. The fourth-order valence-electron chi connectivity index (χ4n) is 2.79. The van der Waals surface area contributed by atoms with Crippen LogP contribution in [0.3, 0.4) is 0 Å². The van der Waals surface area contributed by atoms with Gasteiger partial charge in [0.25, 0.3) is 5.91 Å². The van der Waals surface area contributed by atoms with E-state index in [1.165, 1.54) is 23.1 Å². The van der Waals surface area contributed by atoms with Crippen LogP contribution in [0.2, 0.25) is 0 Å². The predicted octanol–water partition coefficient (Wildman–Crippen LogP) is 3.94. The van der Waals surface area contributed by atoms with Crippen molar-refractivity contribution in [2.24, 2.45) is 0 Å². The molecule has 0 aliphatic carbocycles. The van der Waals surface area contributed by atoms with Crippen molar-refractivity contribution in [3.8, 4) is 0 Å². The Balaban J connectivity index is 2.07. The van der Waals surface area contributed by atoms with E-state index in [1.54, 1.807) is 20.8 Å². The molecule has 9 heteroatoms. The summed E-state index contributed by atoms with van der Waals surface area (Å²) in [6.45, 7) is 5.52. The monoisotopic (exact) mass is 387 g/mol. The zero-order valence-electron chi connectivity index (χ0n) is 15.5. The van der Waals surface area contributed by atoms with Gasteiger partial charge in [0.05, 0.1) is 11.3 Å². The summed E-state index contributed by atoms with van der Waals surface area (Å²) in [5, 5.41) is 0. The van der Waals surface area contributed by atoms with E-state index in [0.29, 0.717) is 13.0 Å². The minimum atomic E-state index is -4.55. The highest BCUT2D eigenvalue weighted by atomic mass is 19.4. The summed E-state index contributed by atoms with van der Waals surface area (Å²) in [6, 6.07) is 4.02. The maximum absolute atomic E-state index is 13.0. The van der Waals surface area contributed by atoms with Gasteiger partial charge in [-0.3, -0.25) is 20.5 Å². The summed E-state index contributed by atoms with van der Waals surface area (Å²) >= 11 is 0. The number of hydrogen-bond acceptors (Lipinski definition) is 4. The molecule has 0 radical (unpaired) electrons. The quantitative estimate of drug-likeness (QED) is 0.771. The van der Waals surface area contributed by atoms with E-state index in [2.05, 4.69) is 10.9 Å². The van der Waals surface area contributed by atoms with E-state index >= 15 is 0 Å². The summed E-state index contributed by atoms with van der Waals surface area (Å²) < 4.78 is 44.4. The molecule has 1 saturated heterocycles. The number of benzene rings is 1. The van der Waals surface area contributed by atoms with E-state index in [1.807, 2.05) is 0 Å². The average Bonchev–Trinajstić information content (AvgIpc) is 2.57. The van der Waals surface area contributed by atoms with Crippen LogP contribution in [0, 0.1) is 0 Å². The third kappa shape index (κ3) is 5.77. The molecule has 6 nitrogen and oxygen atoms in total. The van der Waals surface area contributed by atoms with Gasteiger partial charge in [0.2, 0.25) is 0 Å². The van der Waals surface area contributed by atoms with Crippen LogP contribution >= 0.6 is 0 Å². The Hall–Kier alpha value is -2.45. The zero-order valence-corrected chi connectivity index (χ0v) is 15.5. The van der Waals surface area contributed by atoms with Crippen molar-refractivity contribution >= 4 is 17.7 Å². The molecular weight excluding hydrogens is 363 g/mol. The molecule has 0 bridgehead atoms. The number of para-hydroxylation sites is 1. The number of halogens is 3.